The Morgan fingerprint density at radius 1 is 1.38 bits per heavy atom. The Morgan fingerprint density at radius 2 is 2.05 bits per heavy atom. The highest BCUT2D eigenvalue weighted by Crippen LogP contribution is 2.18. The van der Waals surface area contributed by atoms with Crippen LogP contribution in [-0.2, 0) is 14.3 Å². The summed E-state index contributed by atoms with van der Waals surface area (Å²) in [5.74, 6) is -0.950. The molecule has 1 aromatic rings. The van der Waals surface area contributed by atoms with Crippen LogP contribution >= 0.6 is 0 Å². The number of para-hydroxylation sites is 1. The van der Waals surface area contributed by atoms with Gasteiger partial charge in [-0.1, -0.05) is 12.1 Å². The van der Waals surface area contributed by atoms with Gasteiger partial charge in [-0.15, -0.1) is 0 Å². The first kappa shape index (κ1) is 16.4. The number of amides is 1. The van der Waals surface area contributed by atoms with Gasteiger partial charge < -0.3 is 9.64 Å². The number of hydrogen-bond donors (Lipinski definition) is 0. The number of rotatable bonds is 6. The van der Waals surface area contributed by atoms with Gasteiger partial charge in [0, 0.05) is 19.2 Å². The van der Waals surface area contributed by atoms with Crippen molar-refractivity contribution in [2.75, 3.05) is 20.2 Å². The zero-order chi connectivity index (χ0) is 15.8. The first-order chi connectivity index (χ1) is 9.95. The monoisotopic (exact) mass is 292 g/mol. The minimum absolute atomic E-state index is 0.0883. The van der Waals surface area contributed by atoms with Gasteiger partial charge in [0.15, 0.2) is 0 Å². The molecule has 1 amide bonds. The second-order valence-electron chi connectivity index (χ2n) is 4.15. The predicted molar refractivity (Wildman–Crippen MR) is 76.4 cm³/mol. The normalized spacial score (nSPS) is 10.4. The predicted octanol–water partition coefficient (Wildman–Crippen LogP) is 1.63. The second kappa shape index (κ2) is 7.78. The number of ether oxygens (including phenoxy) is 1. The van der Waals surface area contributed by atoms with E-state index in [1.54, 1.807) is 19.1 Å². The summed E-state index contributed by atoms with van der Waals surface area (Å²) in [5, 5.41) is 10.8. The van der Waals surface area contributed by atoms with Crippen molar-refractivity contribution in [2.45, 2.75) is 6.92 Å². The summed E-state index contributed by atoms with van der Waals surface area (Å²) >= 11 is 0. The van der Waals surface area contributed by atoms with E-state index >= 15 is 0 Å². The molecule has 0 aromatic heterocycles. The molecular formula is C14H16N2O5. The SMILES string of the molecule is CCOC(=O)CN(C)C(=O)/C=C/c1ccccc1[N+](=O)[O-]. The molecular weight excluding hydrogens is 276 g/mol. The van der Waals surface area contributed by atoms with Crippen molar-refractivity contribution in [3.05, 3.63) is 46.0 Å². The van der Waals surface area contributed by atoms with E-state index in [1.807, 2.05) is 0 Å². The van der Waals surface area contributed by atoms with Gasteiger partial charge in [-0.25, -0.2) is 0 Å². The van der Waals surface area contributed by atoms with Crippen LogP contribution in [0, 0.1) is 10.1 Å². The number of likely N-dealkylation sites (N-methyl/N-ethyl adjacent to an activating group) is 1. The molecule has 1 aromatic carbocycles. The maximum Gasteiger partial charge on any atom is 0.325 e. The number of hydrogen-bond acceptors (Lipinski definition) is 5. The van der Waals surface area contributed by atoms with E-state index < -0.39 is 16.8 Å². The lowest BCUT2D eigenvalue weighted by molar-refractivity contribution is -0.385. The molecule has 0 aliphatic rings. The fourth-order valence-corrected chi connectivity index (χ4v) is 1.56. The average Bonchev–Trinajstić information content (AvgIpc) is 2.45. The van der Waals surface area contributed by atoms with Crippen LogP contribution in [0.1, 0.15) is 12.5 Å². The molecule has 0 saturated carbocycles. The summed E-state index contributed by atoms with van der Waals surface area (Å²) in [6.45, 7) is 1.75. The third-order valence-electron chi connectivity index (χ3n) is 2.59. The van der Waals surface area contributed by atoms with Crippen molar-refractivity contribution in [3.63, 3.8) is 0 Å². The van der Waals surface area contributed by atoms with Gasteiger partial charge in [0.25, 0.3) is 5.69 Å². The fraction of sp³-hybridized carbons (Fsp3) is 0.286. The van der Waals surface area contributed by atoms with Gasteiger partial charge in [0.05, 0.1) is 17.1 Å². The number of benzene rings is 1. The molecule has 21 heavy (non-hydrogen) atoms. The lowest BCUT2D eigenvalue weighted by Crippen LogP contribution is -2.31. The molecule has 0 bridgehead atoms. The zero-order valence-electron chi connectivity index (χ0n) is 11.8. The van der Waals surface area contributed by atoms with Crippen molar-refractivity contribution in [1.29, 1.82) is 0 Å². The molecule has 7 heteroatoms. The lowest BCUT2D eigenvalue weighted by atomic mass is 10.1. The van der Waals surface area contributed by atoms with E-state index in [-0.39, 0.29) is 18.8 Å². The largest absolute Gasteiger partial charge is 0.465 e. The first-order valence-corrected chi connectivity index (χ1v) is 6.28. The second-order valence-corrected chi connectivity index (χ2v) is 4.15. The Kier molecular flexibility index (Phi) is 6.06. The van der Waals surface area contributed by atoms with E-state index in [9.17, 15) is 19.7 Å². The summed E-state index contributed by atoms with van der Waals surface area (Å²) in [6.07, 6.45) is 2.53. The van der Waals surface area contributed by atoms with Crippen LogP contribution in [-0.4, -0.2) is 41.9 Å². The molecule has 0 unspecified atom stereocenters. The molecule has 0 spiro atoms. The van der Waals surface area contributed by atoms with Gasteiger partial charge in [-0.3, -0.25) is 19.7 Å². The summed E-state index contributed by atoms with van der Waals surface area (Å²) in [4.78, 5) is 34.5. The van der Waals surface area contributed by atoms with Gasteiger partial charge >= 0.3 is 5.97 Å². The number of carbonyl (C=O) groups is 2. The maximum absolute atomic E-state index is 11.8. The first-order valence-electron chi connectivity index (χ1n) is 6.28. The standard InChI is InChI=1S/C14H16N2O5/c1-3-21-14(18)10-15(2)13(17)9-8-11-6-4-5-7-12(11)16(19)20/h4-9H,3,10H2,1-2H3/b9-8+. The minimum atomic E-state index is -0.521. The van der Waals surface area contributed by atoms with Crippen LogP contribution in [0.15, 0.2) is 30.3 Å². The topological polar surface area (TPSA) is 89.8 Å². The summed E-state index contributed by atoms with van der Waals surface area (Å²) < 4.78 is 4.73. The van der Waals surface area contributed by atoms with Crippen LogP contribution in [0.5, 0.6) is 0 Å². The molecule has 7 nitrogen and oxygen atoms in total. The Morgan fingerprint density at radius 3 is 2.67 bits per heavy atom. The highest BCUT2D eigenvalue weighted by molar-refractivity contribution is 5.94. The fourth-order valence-electron chi connectivity index (χ4n) is 1.56. The molecule has 0 heterocycles. The van der Waals surface area contributed by atoms with Crippen molar-refractivity contribution in [3.8, 4) is 0 Å². The van der Waals surface area contributed by atoms with Gasteiger partial charge in [-0.05, 0) is 19.1 Å². The third-order valence-corrected chi connectivity index (χ3v) is 2.59. The van der Waals surface area contributed by atoms with E-state index in [1.165, 1.54) is 36.2 Å². The third kappa shape index (κ3) is 5.06. The summed E-state index contributed by atoms with van der Waals surface area (Å²) in [7, 11) is 1.45. The molecule has 0 radical (unpaired) electrons. The van der Waals surface area contributed by atoms with Crippen LogP contribution in [0.4, 0.5) is 5.69 Å². The molecule has 0 saturated heterocycles. The number of nitro benzene ring substituents is 1. The molecule has 0 atom stereocenters. The van der Waals surface area contributed by atoms with Crippen LogP contribution < -0.4 is 0 Å². The van der Waals surface area contributed by atoms with Gasteiger partial charge in [0.2, 0.25) is 5.91 Å². The minimum Gasteiger partial charge on any atom is -0.465 e. The van der Waals surface area contributed by atoms with E-state index in [0.29, 0.717) is 5.56 Å². The lowest BCUT2D eigenvalue weighted by Gasteiger charge is -2.13. The Labute approximate surface area is 122 Å². The van der Waals surface area contributed by atoms with Gasteiger partial charge in [0.1, 0.15) is 6.54 Å². The highest BCUT2D eigenvalue weighted by atomic mass is 16.6. The van der Waals surface area contributed by atoms with Crippen molar-refractivity contribution in [2.24, 2.45) is 0 Å². The van der Waals surface area contributed by atoms with E-state index in [4.69, 9.17) is 4.74 Å². The summed E-state index contributed by atoms with van der Waals surface area (Å²) in [6, 6.07) is 6.07. The average molecular weight is 292 g/mol. The van der Waals surface area contributed by atoms with Gasteiger partial charge in [-0.2, -0.15) is 0 Å². The molecule has 112 valence electrons. The smallest absolute Gasteiger partial charge is 0.325 e. The van der Waals surface area contributed by atoms with Crippen LogP contribution in [0.3, 0.4) is 0 Å². The number of nitro groups is 1. The molecule has 1 rings (SSSR count). The molecule has 0 N–H and O–H groups in total. The van der Waals surface area contributed by atoms with E-state index in [2.05, 4.69) is 0 Å². The van der Waals surface area contributed by atoms with E-state index in [0.717, 1.165) is 0 Å². The number of nitrogens with zero attached hydrogens (tertiary/aromatic N) is 2. The van der Waals surface area contributed by atoms with Crippen molar-refractivity contribution < 1.29 is 19.2 Å². The molecule has 0 aliphatic heterocycles. The quantitative estimate of drug-likeness (QED) is 0.344. The maximum atomic E-state index is 11.8. The molecule has 0 aliphatic carbocycles. The number of carbonyl (C=O) groups excluding carboxylic acids is 2. The molecule has 0 fully saturated rings. The highest BCUT2D eigenvalue weighted by Gasteiger charge is 2.13. The summed E-state index contributed by atoms with van der Waals surface area (Å²) in [5.41, 5.74) is 0.231. The Hall–Kier alpha value is -2.70. The Balaban J connectivity index is 2.74. The Bertz CT molecular complexity index is 568. The van der Waals surface area contributed by atoms with Crippen molar-refractivity contribution >= 4 is 23.6 Å². The van der Waals surface area contributed by atoms with Crippen molar-refractivity contribution in [1.82, 2.24) is 4.90 Å². The van der Waals surface area contributed by atoms with Crippen LogP contribution in [0.25, 0.3) is 6.08 Å². The zero-order valence-corrected chi connectivity index (χ0v) is 11.8. The van der Waals surface area contributed by atoms with Crippen LogP contribution in [0.2, 0.25) is 0 Å². The number of esters is 1.